The summed E-state index contributed by atoms with van der Waals surface area (Å²) in [5.74, 6) is 0.286. The van der Waals surface area contributed by atoms with Crippen molar-refractivity contribution in [2.75, 3.05) is 39.8 Å². The van der Waals surface area contributed by atoms with Crippen LogP contribution >= 0.6 is 11.3 Å². The van der Waals surface area contributed by atoms with Gasteiger partial charge in [-0.1, -0.05) is 0 Å². The summed E-state index contributed by atoms with van der Waals surface area (Å²) < 4.78 is 0. The second-order valence-electron chi connectivity index (χ2n) is 4.75. The number of piperazine rings is 1. The first kappa shape index (κ1) is 13.5. The number of amides is 1. The molecule has 2 rings (SSSR count). The van der Waals surface area contributed by atoms with Gasteiger partial charge in [0.1, 0.15) is 0 Å². The fourth-order valence-corrected chi connectivity index (χ4v) is 2.79. The zero-order valence-electron chi connectivity index (χ0n) is 10.9. The van der Waals surface area contributed by atoms with E-state index in [1.165, 1.54) is 5.56 Å². The zero-order valence-corrected chi connectivity index (χ0v) is 11.7. The molecule has 0 radical (unpaired) electrons. The molecule has 5 heteroatoms. The molecule has 1 aliphatic rings. The van der Waals surface area contributed by atoms with Crippen molar-refractivity contribution < 1.29 is 4.79 Å². The largest absolute Gasteiger partial charge is 0.340 e. The third-order valence-electron chi connectivity index (χ3n) is 3.21. The molecule has 18 heavy (non-hydrogen) atoms. The van der Waals surface area contributed by atoms with Crippen LogP contribution in [-0.4, -0.2) is 55.5 Å². The van der Waals surface area contributed by atoms with Crippen molar-refractivity contribution in [2.45, 2.75) is 13.0 Å². The number of carbonyl (C=O) groups is 1. The fraction of sp³-hybridized carbons (Fsp3) is 0.615. The van der Waals surface area contributed by atoms with Gasteiger partial charge >= 0.3 is 0 Å². The molecule has 0 aliphatic carbocycles. The molecule has 4 nitrogen and oxygen atoms in total. The Morgan fingerprint density at radius 1 is 1.50 bits per heavy atom. The van der Waals surface area contributed by atoms with E-state index in [0.29, 0.717) is 6.42 Å². The maximum atomic E-state index is 12.0. The van der Waals surface area contributed by atoms with Gasteiger partial charge in [-0.05, 0) is 29.4 Å². The summed E-state index contributed by atoms with van der Waals surface area (Å²) in [6.07, 6.45) is 0.626. The molecule has 0 bridgehead atoms. The minimum absolute atomic E-state index is 0.286. The number of carbonyl (C=O) groups excluding carboxylic acids is 1. The lowest BCUT2D eigenvalue weighted by atomic mass is 10.2. The number of thiophene rings is 1. The molecule has 0 atom stereocenters. The van der Waals surface area contributed by atoms with Gasteiger partial charge in [-0.3, -0.25) is 4.79 Å². The summed E-state index contributed by atoms with van der Waals surface area (Å²) in [5, 5.41) is 7.51. The maximum Gasteiger partial charge on any atom is 0.223 e. The Labute approximate surface area is 113 Å². The minimum Gasteiger partial charge on any atom is -0.340 e. The molecule has 100 valence electrons. The number of nitrogens with zero attached hydrogens (tertiary/aromatic N) is 2. The van der Waals surface area contributed by atoms with Crippen molar-refractivity contribution in [1.82, 2.24) is 15.1 Å². The van der Waals surface area contributed by atoms with Gasteiger partial charge in [-0.25, -0.2) is 0 Å². The monoisotopic (exact) mass is 267 g/mol. The topological polar surface area (TPSA) is 35.6 Å². The van der Waals surface area contributed by atoms with Crippen LogP contribution in [0.3, 0.4) is 0 Å². The van der Waals surface area contributed by atoms with Crippen molar-refractivity contribution in [3.05, 3.63) is 22.4 Å². The number of nitrogens with one attached hydrogen (secondary N) is 1. The minimum atomic E-state index is 0.286. The molecule has 1 aromatic rings. The third-order valence-corrected chi connectivity index (χ3v) is 3.94. The van der Waals surface area contributed by atoms with Crippen LogP contribution in [0.2, 0.25) is 0 Å². The first-order chi connectivity index (χ1) is 8.75. The van der Waals surface area contributed by atoms with E-state index in [0.717, 1.165) is 39.3 Å². The van der Waals surface area contributed by atoms with E-state index in [1.807, 2.05) is 4.90 Å². The predicted octanol–water partition coefficient (Wildman–Crippen LogP) is 1.00. The molecular weight excluding hydrogens is 246 g/mol. The van der Waals surface area contributed by atoms with E-state index < -0.39 is 0 Å². The normalized spacial score (nSPS) is 16.2. The van der Waals surface area contributed by atoms with Crippen LogP contribution in [0, 0.1) is 0 Å². The molecule has 1 fully saturated rings. The van der Waals surface area contributed by atoms with Crippen LogP contribution in [0.25, 0.3) is 0 Å². The third kappa shape index (κ3) is 4.08. The van der Waals surface area contributed by atoms with Crippen LogP contribution in [0.4, 0.5) is 0 Å². The van der Waals surface area contributed by atoms with Crippen LogP contribution in [0.15, 0.2) is 16.8 Å². The Morgan fingerprint density at radius 2 is 2.28 bits per heavy atom. The van der Waals surface area contributed by atoms with Gasteiger partial charge in [0.2, 0.25) is 5.91 Å². The number of rotatable bonds is 5. The van der Waals surface area contributed by atoms with Gasteiger partial charge in [-0.15, -0.1) is 0 Å². The molecule has 1 N–H and O–H groups in total. The fourth-order valence-electron chi connectivity index (χ4n) is 2.13. The Balaban J connectivity index is 1.68. The van der Waals surface area contributed by atoms with Gasteiger partial charge in [-0.2, -0.15) is 11.3 Å². The Kier molecular flexibility index (Phi) is 5.16. The summed E-state index contributed by atoms with van der Waals surface area (Å²) in [4.78, 5) is 16.2. The highest BCUT2D eigenvalue weighted by atomic mass is 32.1. The summed E-state index contributed by atoms with van der Waals surface area (Å²) in [5.41, 5.74) is 1.33. The van der Waals surface area contributed by atoms with Crippen molar-refractivity contribution in [3.63, 3.8) is 0 Å². The highest BCUT2D eigenvalue weighted by Gasteiger charge is 2.16. The molecule has 0 unspecified atom stereocenters. The average Bonchev–Trinajstić information content (AvgIpc) is 2.90. The van der Waals surface area contributed by atoms with Gasteiger partial charge in [0.15, 0.2) is 0 Å². The first-order valence-corrected chi connectivity index (χ1v) is 7.38. The summed E-state index contributed by atoms with van der Waals surface area (Å²) in [6.45, 7) is 5.32. The number of hydrogen-bond acceptors (Lipinski definition) is 4. The van der Waals surface area contributed by atoms with Crippen molar-refractivity contribution >= 4 is 17.2 Å². The van der Waals surface area contributed by atoms with Gasteiger partial charge in [0, 0.05) is 45.7 Å². The molecule has 1 aliphatic heterocycles. The molecule has 0 spiro atoms. The van der Waals surface area contributed by atoms with E-state index in [2.05, 4.69) is 34.1 Å². The lowest BCUT2D eigenvalue weighted by molar-refractivity contribution is -0.132. The zero-order chi connectivity index (χ0) is 12.8. The van der Waals surface area contributed by atoms with E-state index >= 15 is 0 Å². The van der Waals surface area contributed by atoms with Crippen LogP contribution in [0.1, 0.15) is 12.0 Å². The van der Waals surface area contributed by atoms with E-state index in [-0.39, 0.29) is 5.91 Å². The highest BCUT2D eigenvalue weighted by molar-refractivity contribution is 7.07. The average molecular weight is 267 g/mol. The standard InChI is InChI=1S/C13H21N3OS/c1-15(10-12-3-9-18-11-12)6-2-13(17)16-7-4-14-5-8-16/h3,9,11,14H,2,4-8,10H2,1H3. The van der Waals surface area contributed by atoms with Crippen LogP contribution < -0.4 is 5.32 Å². The first-order valence-electron chi connectivity index (χ1n) is 6.44. The summed E-state index contributed by atoms with van der Waals surface area (Å²) in [7, 11) is 2.07. The second kappa shape index (κ2) is 6.87. The maximum absolute atomic E-state index is 12.0. The van der Waals surface area contributed by atoms with E-state index in [4.69, 9.17) is 0 Å². The van der Waals surface area contributed by atoms with Crippen LogP contribution in [-0.2, 0) is 11.3 Å². The second-order valence-corrected chi connectivity index (χ2v) is 5.53. The van der Waals surface area contributed by atoms with Crippen molar-refractivity contribution in [2.24, 2.45) is 0 Å². The Hall–Kier alpha value is -0.910. The highest BCUT2D eigenvalue weighted by Crippen LogP contribution is 2.08. The van der Waals surface area contributed by atoms with Crippen molar-refractivity contribution in [3.8, 4) is 0 Å². The predicted molar refractivity (Wildman–Crippen MR) is 74.7 cm³/mol. The smallest absolute Gasteiger partial charge is 0.223 e. The summed E-state index contributed by atoms with van der Waals surface area (Å²) in [6, 6.07) is 2.14. The SMILES string of the molecule is CN(CCC(=O)N1CCNCC1)Cc1ccsc1. The van der Waals surface area contributed by atoms with E-state index in [9.17, 15) is 4.79 Å². The molecule has 1 amide bonds. The van der Waals surface area contributed by atoms with Gasteiger partial charge in [0.25, 0.3) is 0 Å². The Bertz CT molecular complexity index is 360. The molecule has 2 heterocycles. The molecule has 0 aromatic carbocycles. The van der Waals surface area contributed by atoms with E-state index in [1.54, 1.807) is 11.3 Å². The van der Waals surface area contributed by atoms with Gasteiger partial charge < -0.3 is 15.1 Å². The van der Waals surface area contributed by atoms with Crippen LogP contribution in [0.5, 0.6) is 0 Å². The lowest BCUT2D eigenvalue weighted by Gasteiger charge is -2.28. The quantitative estimate of drug-likeness (QED) is 0.864. The molecule has 1 aromatic heterocycles. The van der Waals surface area contributed by atoms with Gasteiger partial charge in [0.05, 0.1) is 0 Å². The molecule has 0 saturated carbocycles. The van der Waals surface area contributed by atoms with Crippen molar-refractivity contribution in [1.29, 1.82) is 0 Å². The summed E-state index contributed by atoms with van der Waals surface area (Å²) >= 11 is 1.72. The number of hydrogen-bond donors (Lipinski definition) is 1. The Morgan fingerprint density at radius 3 is 2.94 bits per heavy atom. The molecule has 1 saturated heterocycles. The molecular formula is C13H21N3OS. The lowest BCUT2D eigenvalue weighted by Crippen LogP contribution is -2.47.